The van der Waals surface area contributed by atoms with Gasteiger partial charge in [0.1, 0.15) is 5.82 Å². The van der Waals surface area contributed by atoms with Gasteiger partial charge in [0.25, 0.3) is 5.91 Å². The first-order valence-electron chi connectivity index (χ1n) is 8.88. The number of nitrogens with zero attached hydrogens (tertiary/aromatic N) is 3. The number of benzene rings is 1. The normalized spacial score (nSPS) is 22.5. The third-order valence-electron chi connectivity index (χ3n) is 5.53. The summed E-state index contributed by atoms with van der Waals surface area (Å²) in [6, 6.07) is 10.3. The third-order valence-corrected chi connectivity index (χ3v) is 5.53. The Morgan fingerprint density at radius 3 is 2.73 bits per heavy atom. The fourth-order valence-corrected chi connectivity index (χ4v) is 4.27. The van der Waals surface area contributed by atoms with Crippen molar-refractivity contribution in [3.63, 3.8) is 0 Å². The number of pyridine rings is 1. The molecule has 1 amide bonds. The Kier molecular flexibility index (Phi) is 4.46. The predicted octanol–water partition coefficient (Wildman–Crippen LogP) is 2.62. The van der Waals surface area contributed by atoms with Crippen molar-refractivity contribution in [1.82, 2.24) is 9.88 Å². The first-order valence-corrected chi connectivity index (χ1v) is 8.88. The minimum atomic E-state index is -0.452. The number of amides is 1. The summed E-state index contributed by atoms with van der Waals surface area (Å²) in [6.45, 7) is 2.55. The Hall–Kier alpha value is -2.31. The molecule has 26 heavy (non-hydrogen) atoms. The van der Waals surface area contributed by atoms with Gasteiger partial charge in [0, 0.05) is 44.8 Å². The second-order valence-corrected chi connectivity index (χ2v) is 7.01. The lowest BCUT2D eigenvalue weighted by Crippen LogP contribution is -2.77. The molecule has 6 heteroatoms. The number of ether oxygens (including phenoxy) is 1. The maximum absolute atomic E-state index is 13.7. The summed E-state index contributed by atoms with van der Waals surface area (Å²) >= 11 is 0. The first-order chi connectivity index (χ1) is 12.6. The van der Waals surface area contributed by atoms with Crippen LogP contribution in [0.1, 0.15) is 18.4 Å². The van der Waals surface area contributed by atoms with E-state index in [1.807, 2.05) is 12.3 Å². The van der Waals surface area contributed by atoms with Crippen LogP contribution in [0.25, 0.3) is 0 Å². The van der Waals surface area contributed by atoms with E-state index in [0.29, 0.717) is 5.69 Å². The van der Waals surface area contributed by atoms with Gasteiger partial charge in [-0.25, -0.2) is 4.39 Å². The molecule has 1 spiro atoms. The van der Waals surface area contributed by atoms with Crippen LogP contribution in [0.5, 0.6) is 0 Å². The number of aromatic nitrogens is 1. The molecular weight excluding hydrogens is 333 g/mol. The number of β-lactam (4-membered cyclic amide) rings is 1. The highest BCUT2D eigenvalue weighted by molar-refractivity contribution is 6.06. The van der Waals surface area contributed by atoms with E-state index in [0.717, 1.165) is 32.5 Å². The van der Waals surface area contributed by atoms with Crippen molar-refractivity contribution >= 4 is 11.6 Å². The van der Waals surface area contributed by atoms with Crippen molar-refractivity contribution in [3.05, 3.63) is 60.2 Å². The lowest BCUT2D eigenvalue weighted by molar-refractivity contribution is -0.151. The average Bonchev–Trinajstić information content (AvgIpc) is 2.65. The molecule has 1 aromatic carbocycles. The van der Waals surface area contributed by atoms with Crippen LogP contribution < -0.4 is 4.90 Å². The second kappa shape index (κ2) is 6.78. The average molecular weight is 355 g/mol. The van der Waals surface area contributed by atoms with Crippen LogP contribution in [0.2, 0.25) is 0 Å². The van der Waals surface area contributed by atoms with E-state index in [2.05, 4.69) is 16.0 Å². The van der Waals surface area contributed by atoms with Gasteiger partial charge in [0.2, 0.25) is 0 Å². The molecule has 5 nitrogen and oxygen atoms in total. The summed E-state index contributed by atoms with van der Waals surface area (Å²) in [5.74, 6) is -0.417. The molecule has 3 heterocycles. The maximum Gasteiger partial charge on any atom is 0.259 e. The molecule has 2 aromatic rings. The molecular formula is C20H22FN3O2. The number of carbonyl (C=O) groups is 1. The van der Waals surface area contributed by atoms with E-state index in [1.165, 1.54) is 17.7 Å². The summed E-state index contributed by atoms with van der Waals surface area (Å²) in [7, 11) is 1.58. The van der Waals surface area contributed by atoms with Gasteiger partial charge in [0.05, 0.1) is 5.54 Å². The zero-order valence-corrected chi connectivity index (χ0v) is 14.8. The van der Waals surface area contributed by atoms with Gasteiger partial charge in [-0.3, -0.25) is 14.7 Å². The molecule has 0 bridgehead atoms. The van der Waals surface area contributed by atoms with Crippen LogP contribution in [0.3, 0.4) is 0 Å². The Bertz CT molecular complexity index is 791. The SMILES string of the molecule is COC1C(=O)N(c2cccc(F)c2)C12CCN(Cc1cccnc1)CC2. The Balaban J connectivity index is 1.52. The number of piperidine rings is 1. The van der Waals surface area contributed by atoms with Crippen LogP contribution in [0.15, 0.2) is 48.8 Å². The molecule has 1 aromatic heterocycles. The van der Waals surface area contributed by atoms with E-state index < -0.39 is 6.10 Å². The van der Waals surface area contributed by atoms with E-state index >= 15 is 0 Å². The minimum absolute atomic E-state index is 0.0844. The predicted molar refractivity (Wildman–Crippen MR) is 96.2 cm³/mol. The molecule has 2 aliphatic rings. The number of likely N-dealkylation sites (tertiary alicyclic amines) is 1. The first kappa shape index (κ1) is 17.1. The second-order valence-electron chi connectivity index (χ2n) is 7.01. The Morgan fingerprint density at radius 1 is 1.27 bits per heavy atom. The number of halogens is 1. The fourth-order valence-electron chi connectivity index (χ4n) is 4.27. The summed E-state index contributed by atoms with van der Waals surface area (Å²) in [4.78, 5) is 20.9. The van der Waals surface area contributed by atoms with Gasteiger partial charge in [-0.2, -0.15) is 0 Å². The third kappa shape index (κ3) is 2.79. The molecule has 2 aliphatic heterocycles. The van der Waals surface area contributed by atoms with Gasteiger partial charge in [-0.15, -0.1) is 0 Å². The zero-order chi connectivity index (χ0) is 18.1. The summed E-state index contributed by atoms with van der Waals surface area (Å²) in [5.41, 5.74) is 1.41. The molecule has 2 saturated heterocycles. The van der Waals surface area contributed by atoms with Gasteiger partial charge in [-0.1, -0.05) is 12.1 Å². The van der Waals surface area contributed by atoms with E-state index in [-0.39, 0.29) is 17.3 Å². The highest BCUT2D eigenvalue weighted by atomic mass is 19.1. The van der Waals surface area contributed by atoms with Crippen molar-refractivity contribution in [1.29, 1.82) is 0 Å². The van der Waals surface area contributed by atoms with Gasteiger partial charge < -0.3 is 9.64 Å². The van der Waals surface area contributed by atoms with Crippen LogP contribution in [0.4, 0.5) is 10.1 Å². The fraction of sp³-hybridized carbons (Fsp3) is 0.400. The topological polar surface area (TPSA) is 45.7 Å². The van der Waals surface area contributed by atoms with E-state index in [9.17, 15) is 9.18 Å². The smallest absolute Gasteiger partial charge is 0.259 e. The number of carbonyl (C=O) groups excluding carboxylic acids is 1. The molecule has 0 saturated carbocycles. The molecule has 0 N–H and O–H groups in total. The van der Waals surface area contributed by atoms with Crippen molar-refractivity contribution in [2.24, 2.45) is 0 Å². The largest absolute Gasteiger partial charge is 0.369 e. The quantitative estimate of drug-likeness (QED) is 0.791. The number of hydrogen-bond donors (Lipinski definition) is 0. The highest BCUT2D eigenvalue weighted by Crippen LogP contribution is 2.45. The minimum Gasteiger partial charge on any atom is -0.369 e. The van der Waals surface area contributed by atoms with Crippen LogP contribution >= 0.6 is 0 Å². The Labute approximate surface area is 152 Å². The van der Waals surface area contributed by atoms with Crippen LogP contribution in [-0.4, -0.2) is 47.6 Å². The van der Waals surface area contributed by atoms with E-state index in [1.54, 1.807) is 30.3 Å². The molecule has 1 atom stereocenters. The van der Waals surface area contributed by atoms with E-state index in [4.69, 9.17) is 4.74 Å². The van der Waals surface area contributed by atoms with Crippen molar-refractivity contribution in [2.45, 2.75) is 31.0 Å². The van der Waals surface area contributed by atoms with Crippen LogP contribution in [0, 0.1) is 5.82 Å². The molecule has 2 fully saturated rings. The number of anilines is 1. The van der Waals surface area contributed by atoms with Crippen LogP contribution in [-0.2, 0) is 16.1 Å². The molecule has 136 valence electrons. The van der Waals surface area contributed by atoms with Crippen molar-refractivity contribution in [3.8, 4) is 0 Å². The monoisotopic (exact) mass is 355 g/mol. The van der Waals surface area contributed by atoms with Crippen molar-refractivity contribution < 1.29 is 13.9 Å². The maximum atomic E-state index is 13.7. The lowest BCUT2D eigenvalue weighted by Gasteiger charge is -2.59. The number of hydrogen-bond acceptors (Lipinski definition) is 4. The summed E-state index contributed by atoms with van der Waals surface area (Å²) < 4.78 is 19.2. The van der Waals surface area contributed by atoms with Crippen molar-refractivity contribution in [2.75, 3.05) is 25.1 Å². The Morgan fingerprint density at radius 2 is 2.08 bits per heavy atom. The summed E-state index contributed by atoms with van der Waals surface area (Å²) in [5, 5.41) is 0. The molecule has 0 radical (unpaired) electrons. The van der Waals surface area contributed by atoms with Gasteiger partial charge in [-0.05, 0) is 42.7 Å². The lowest BCUT2D eigenvalue weighted by atomic mass is 9.72. The van der Waals surface area contributed by atoms with Gasteiger partial charge >= 0.3 is 0 Å². The highest BCUT2D eigenvalue weighted by Gasteiger charge is 2.61. The molecule has 0 aliphatic carbocycles. The summed E-state index contributed by atoms with van der Waals surface area (Å²) in [6.07, 6.45) is 4.80. The molecule has 1 unspecified atom stereocenters. The zero-order valence-electron chi connectivity index (χ0n) is 14.8. The number of rotatable bonds is 4. The standard InChI is InChI=1S/C20H22FN3O2/c1-26-18-19(25)24(17-6-2-5-16(21)12-17)20(18)7-10-23(11-8-20)14-15-4-3-9-22-13-15/h2-6,9,12-13,18H,7-8,10-11,14H2,1H3. The molecule has 4 rings (SSSR count). The number of methoxy groups -OCH3 is 1. The van der Waals surface area contributed by atoms with Gasteiger partial charge in [0.15, 0.2) is 6.10 Å².